The third-order valence-corrected chi connectivity index (χ3v) is 4.51. The average Bonchev–Trinajstić information content (AvgIpc) is 2.30. The molecule has 0 amide bonds. The Kier molecular flexibility index (Phi) is 4.86. The molecule has 0 saturated heterocycles. The lowest BCUT2D eigenvalue weighted by molar-refractivity contribution is -0.136. The lowest BCUT2D eigenvalue weighted by Crippen LogP contribution is -2.38. The highest BCUT2D eigenvalue weighted by atomic mass is 32.2. The molecule has 1 rings (SSSR count). The van der Waals surface area contributed by atoms with E-state index in [0.717, 1.165) is 18.1 Å². The maximum Gasteiger partial charge on any atom is 0.323 e. The predicted molar refractivity (Wildman–Crippen MR) is 68.9 cm³/mol. The molecule has 0 spiro atoms. The molecule has 0 fully saturated rings. The van der Waals surface area contributed by atoms with Crippen LogP contribution >= 0.6 is 0 Å². The Hall–Kier alpha value is -1.40. The van der Waals surface area contributed by atoms with Gasteiger partial charge in [-0.2, -0.15) is 0 Å². The van der Waals surface area contributed by atoms with Gasteiger partial charge in [0.15, 0.2) is 5.25 Å². The van der Waals surface area contributed by atoms with Gasteiger partial charge in [-0.25, -0.2) is 13.1 Å². The minimum Gasteiger partial charge on any atom is -0.480 e. The summed E-state index contributed by atoms with van der Waals surface area (Å²) >= 11 is 0. The van der Waals surface area contributed by atoms with Gasteiger partial charge in [-0.05, 0) is 31.4 Å². The van der Waals surface area contributed by atoms with Crippen LogP contribution in [0.5, 0.6) is 0 Å². The lowest BCUT2D eigenvalue weighted by Gasteiger charge is -2.10. The molecule has 2 N–H and O–H groups in total. The van der Waals surface area contributed by atoms with Crippen molar-refractivity contribution in [3.05, 3.63) is 35.4 Å². The number of carboxylic acid groups (broad SMARTS) is 1. The number of sulfonamides is 1. The Labute approximate surface area is 107 Å². The van der Waals surface area contributed by atoms with Crippen molar-refractivity contribution in [2.45, 2.75) is 25.5 Å². The van der Waals surface area contributed by atoms with Gasteiger partial charge in [0.1, 0.15) is 0 Å². The second kappa shape index (κ2) is 5.97. The molecule has 1 aromatic carbocycles. The van der Waals surface area contributed by atoms with Crippen molar-refractivity contribution >= 4 is 16.0 Å². The first-order valence-corrected chi connectivity index (χ1v) is 7.15. The van der Waals surface area contributed by atoms with E-state index in [4.69, 9.17) is 5.11 Å². The number of hydrogen-bond donors (Lipinski definition) is 2. The first kappa shape index (κ1) is 14.7. The number of hydrogen-bond acceptors (Lipinski definition) is 3. The molecule has 0 radical (unpaired) electrons. The van der Waals surface area contributed by atoms with Crippen LogP contribution in [0.3, 0.4) is 0 Å². The monoisotopic (exact) mass is 271 g/mol. The SMILES string of the molecule is Cc1ccccc1CCNS(=O)(=O)C(C)C(=O)O. The van der Waals surface area contributed by atoms with Gasteiger partial charge >= 0.3 is 5.97 Å². The fourth-order valence-electron chi connectivity index (χ4n) is 1.48. The Morgan fingerprint density at radius 1 is 1.39 bits per heavy atom. The minimum absolute atomic E-state index is 0.199. The summed E-state index contributed by atoms with van der Waals surface area (Å²) in [4.78, 5) is 10.6. The van der Waals surface area contributed by atoms with E-state index in [2.05, 4.69) is 4.72 Å². The normalized spacial score (nSPS) is 13.2. The van der Waals surface area contributed by atoms with Crippen LogP contribution < -0.4 is 4.72 Å². The van der Waals surface area contributed by atoms with Crippen LogP contribution in [0.4, 0.5) is 0 Å². The van der Waals surface area contributed by atoms with Gasteiger partial charge in [-0.3, -0.25) is 4.79 Å². The highest BCUT2D eigenvalue weighted by molar-refractivity contribution is 7.90. The van der Waals surface area contributed by atoms with Crippen LogP contribution in [0.1, 0.15) is 18.1 Å². The standard InChI is InChI=1S/C12H17NO4S/c1-9-5-3-4-6-11(9)7-8-13-18(16,17)10(2)12(14)15/h3-6,10,13H,7-8H2,1-2H3,(H,14,15). The molecule has 0 aliphatic rings. The molecule has 18 heavy (non-hydrogen) atoms. The van der Waals surface area contributed by atoms with Gasteiger partial charge in [-0.1, -0.05) is 24.3 Å². The summed E-state index contributed by atoms with van der Waals surface area (Å²) in [5, 5.41) is 7.22. The quantitative estimate of drug-likeness (QED) is 0.806. The summed E-state index contributed by atoms with van der Waals surface area (Å²) in [5.74, 6) is -1.35. The van der Waals surface area contributed by atoms with Gasteiger partial charge in [-0.15, -0.1) is 0 Å². The van der Waals surface area contributed by atoms with Crippen molar-refractivity contribution in [1.82, 2.24) is 4.72 Å². The number of aryl methyl sites for hydroxylation is 1. The second-order valence-corrected chi connectivity index (χ2v) is 6.18. The molecule has 0 saturated carbocycles. The Morgan fingerprint density at radius 3 is 2.56 bits per heavy atom. The fourth-order valence-corrected chi connectivity index (χ4v) is 2.38. The first-order chi connectivity index (χ1) is 8.34. The fraction of sp³-hybridized carbons (Fsp3) is 0.417. The number of rotatable bonds is 6. The third-order valence-electron chi connectivity index (χ3n) is 2.77. The summed E-state index contributed by atoms with van der Waals surface area (Å²) in [6.07, 6.45) is 0.540. The smallest absolute Gasteiger partial charge is 0.323 e. The third kappa shape index (κ3) is 3.82. The molecule has 0 aliphatic heterocycles. The number of carboxylic acids is 1. The summed E-state index contributed by atoms with van der Waals surface area (Å²) in [7, 11) is -3.79. The van der Waals surface area contributed by atoms with Gasteiger partial charge in [0, 0.05) is 6.54 Å². The lowest BCUT2D eigenvalue weighted by atomic mass is 10.1. The molecule has 0 aliphatic carbocycles. The number of benzene rings is 1. The molecule has 6 heteroatoms. The highest BCUT2D eigenvalue weighted by Crippen LogP contribution is 2.07. The molecular weight excluding hydrogens is 254 g/mol. The van der Waals surface area contributed by atoms with Crippen LogP contribution in [0.2, 0.25) is 0 Å². The average molecular weight is 271 g/mol. The summed E-state index contributed by atoms with van der Waals surface area (Å²) in [6.45, 7) is 3.30. The summed E-state index contributed by atoms with van der Waals surface area (Å²) in [6, 6.07) is 7.67. The Balaban J connectivity index is 2.57. The number of aliphatic carboxylic acids is 1. The zero-order valence-electron chi connectivity index (χ0n) is 10.4. The van der Waals surface area contributed by atoms with Gasteiger partial charge < -0.3 is 5.11 Å². The van der Waals surface area contributed by atoms with Crippen LogP contribution in [-0.4, -0.2) is 31.3 Å². The summed E-state index contributed by atoms with van der Waals surface area (Å²) in [5.41, 5.74) is 2.13. The predicted octanol–water partition coefficient (Wildman–Crippen LogP) is 0.930. The van der Waals surface area contributed by atoms with E-state index in [1.54, 1.807) is 0 Å². The molecule has 1 aromatic rings. The zero-order chi connectivity index (χ0) is 13.8. The van der Waals surface area contributed by atoms with Crippen LogP contribution in [-0.2, 0) is 21.2 Å². The largest absolute Gasteiger partial charge is 0.480 e. The van der Waals surface area contributed by atoms with Crippen molar-refractivity contribution in [2.75, 3.05) is 6.54 Å². The highest BCUT2D eigenvalue weighted by Gasteiger charge is 2.26. The molecule has 1 atom stereocenters. The van der Waals surface area contributed by atoms with E-state index in [9.17, 15) is 13.2 Å². The number of carbonyl (C=O) groups is 1. The Morgan fingerprint density at radius 2 is 2.00 bits per heavy atom. The van der Waals surface area contributed by atoms with Gasteiger partial charge in [0.05, 0.1) is 0 Å². The van der Waals surface area contributed by atoms with Gasteiger partial charge in [0.25, 0.3) is 0 Å². The molecule has 100 valence electrons. The minimum atomic E-state index is -3.79. The molecular formula is C12H17NO4S. The topological polar surface area (TPSA) is 83.5 Å². The van der Waals surface area contributed by atoms with Gasteiger partial charge in [0.2, 0.25) is 10.0 Å². The van der Waals surface area contributed by atoms with Crippen molar-refractivity contribution in [1.29, 1.82) is 0 Å². The van der Waals surface area contributed by atoms with E-state index in [-0.39, 0.29) is 6.54 Å². The maximum absolute atomic E-state index is 11.6. The van der Waals surface area contributed by atoms with Crippen molar-refractivity contribution in [3.63, 3.8) is 0 Å². The van der Waals surface area contributed by atoms with Crippen LogP contribution in [0, 0.1) is 6.92 Å². The Bertz CT molecular complexity index is 525. The van der Waals surface area contributed by atoms with E-state index >= 15 is 0 Å². The first-order valence-electron chi connectivity index (χ1n) is 5.60. The van der Waals surface area contributed by atoms with Crippen LogP contribution in [0.25, 0.3) is 0 Å². The van der Waals surface area contributed by atoms with E-state index in [0.29, 0.717) is 6.42 Å². The van der Waals surface area contributed by atoms with Crippen molar-refractivity contribution < 1.29 is 18.3 Å². The molecule has 0 aromatic heterocycles. The van der Waals surface area contributed by atoms with E-state index < -0.39 is 21.2 Å². The molecule has 1 unspecified atom stereocenters. The molecule has 0 heterocycles. The second-order valence-electron chi connectivity index (χ2n) is 4.10. The summed E-state index contributed by atoms with van der Waals surface area (Å²) < 4.78 is 25.4. The van der Waals surface area contributed by atoms with E-state index in [1.165, 1.54) is 0 Å². The zero-order valence-corrected chi connectivity index (χ0v) is 11.2. The maximum atomic E-state index is 11.6. The van der Waals surface area contributed by atoms with Crippen molar-refractivity contribution in [2.24, 2.45) is 0 Å². The number of nitrogens with one attached hydrogen (secondary N) is 1. The van der Waals surface area contributed by atoms with Crippen LogP contribution in [0.15, 0.2) is 24.3 Å². The molecule has 0 bridgehead atoms. The van der Waals surface area contributed by atoms with E-state index in [1.807, 2.05) is 31.2 Å². The molecule has 5 nitrogen and oxygen atoms in total. The van der Waals surface area contributed by atoms with Crippen molar-refractivity contribution in [3.8, 4) is 0 Å².